The Morgan fingerprint density at radius 1 is 1.26 bits per heavy atom. The van der Waals surface area contributed by atoms with Crippen LogP contribution in [0.5, 0.6) is 5.75 Å². The normalized spacial score (nSPS) is 42.0. The van der Waals surface area contributed by atoms with Gasteiger partial charge in [0.05, 0.1) is 6.10 Å². The first-order valence-electron chi connectivity index (χ1n) is 9.03. The fourth-order valence-electron chi connectivity index (χ4n) is 6.22. The standard InChI is InChI=1S/C20H28O3/c1-20-10-13(11-23-2)19-15-6-4-14(21)9-12(15)3-5-16(19)17(20)7-8-18(20)22/h4,6,9,13,16-19,21-22H,3,5,7-8,10-11H2,1-2H3/t13-,16?,17?,18?,19?,20?/m1/s1. The van der Waals surface area contributed by atoms with Gasteiger partial charge in [-0.25, -0.2) is 0 Å². The van der Waals surface area contributed by atoms with Crippen molar-refractivity contribution < 1.29 is 14.9 Å². The molecule has 3 aliphatic carbocycles. The lowest BCUT2D eigenvalue weighted by molar-refractivity contribution is -0.0628. The molecule has 0 bridgehead atoms. The molecule has 0 aromatic heterocycles. The number of aliphatic hydroxyl groups excluding tert-OH is 1. The highest BCUT2D eigenvalue weighted by molar-refractivity contribution is 5.40. The first-order valence-corrected chi connectivity index (χ1v) is 9.03. The number of methoxy groups -OCH3 is 1. The minimum absolute atomic E-state index is 0.0544. The number of phenols is 1. The minimum atomic E-state index is -0.158. The highest BCUT2D eigenvalue weighted by atomic mass is 16.5. The summed E-state index contributed by atoms with van der Waals surface area (Å²) in [6.45, 7) is 3.07. The molecule has 0 spiro atoms. The third kappa shape index (κ3) is 2.24. The Morgan fingerprint density at radius 2 is 2.09 bits per heavy atom. The highest BCUT2D eigenvalue weighted by Crippen LogP contribution is 2.62. The fraction of sp³-hybridized carbons (Fsp3) is 0.700. The van der Waals surface area contributed by atoms with Crippen LogP contribution in [-0.4, -0.2) is 30.0 Å². The van der Waals surface area contributed by atoms with Crippen LogP contribution in [0, 0.1) is 23.2 Å². The van der Waals surface area contributed by atoms with E-state index in [9.17, 15) is 10.2 Å². The van der Waals surface area contributed by atoms with Crippen molar-refractivity contribution in [3.05, 3.63) is 29.3 Å². The number of aliphatic hydroxyl groups is 1. The predicted molar refractivity (Wildman–Crippen MR) is 89.5 cm³/mol. The average Bonchev–Trinajstić information content (AvgIpc) is 2.82. The molecule has 2 N–H and O–H groups in total. The summed E-state index contributed by atoms with van der Waals surface area (Å²) in [5.41, 5.74) is 2.79. The maximum Gasteiger partial charge on any atom is 0.115 e. The maximum atomic E-state index is 10.6. The fourth-order valence-corrected chi connectivity index (χ4v) is 6.22. The Labute approximate surface area is 138 Å². The van der Waals surface area contributed by atoms with Crippen molar-refractivity contribution in [3.63, 3.8) is 0 Å². The van der Waals surface area contributed by atoms with E-state index in [0.29, 0.717) is 29.4 Å². The number of phenolic OH excluding ortho intramolecular Hbond substituents is 1. The second-order valence-electron chi connectivity index (χ2n) is 8.24. The quantitative estimate of drug-likeness (QED) is 0.878. The van der Waals surface area contributed by atoms with Crippen molar-refractivity contribution in [2.24, 2.45) is 23.2 Å². The zero-order valence-electron chi connectivity index (χ0n) is 14.2. The van der Waals surface area contributed by atoms with Gasteiger partial charge in [-0.2, -0.15) is 0 Å². The van der Waals surface area contributed by atoms with E-state index in [1.807, 2.05) is 12.1 Å². The van der Waals surface area contributed by atoms with Gasteiger partial charge in [-0.1, -0.05) is 13.0 Å². The maximum absolute atomic E-state index is 10.6. The van der Waals surface area contributed by atoms with Crippen molar-refractivity contribution >= 4 is 0 Å². The summed E-state index contributed by atoms with van der Waals surface area (Å²) in [6, 6.07) is 5.92. The van der Waals surface area contributed by atoms with Gasteiger partial charge < -0.3 is 14.9 Å². The van der Waals surface area contributed by atoms with Crippen LogP contribution in [-0.2, 0) is 11.2 Å². The molecule has 4 rings (SSSR count). The lowest BCUT2D eigenvalue weighted by Crippen LogP contribution is -2.48. The lowest BCUT2D eigenvalue weighted by atomic mass is 9.52. The summed E-state index contributed by atoms with van der Waals surface area (Å²) < 4.78 is 5.57. The third-order valence-corrected chi connectivity index (χ3v) is 7.16. The average molecular weight is 316 g/mol. The molecule has 0 radical (unpaired) electrons. The van der Waals surface area contributed by atoms with Crippen molar-refractivity contribution in [1.29, 1.82) is 0 Å². The molecule has 126 valence electrons. The molecule has 1 aromatic rings. The molecule has 2 saturated carbocycles. The van der Waals surface area contributed by atoms with Crippen LogP contribution in [0.4, 0.5) is 0 Å². The van der Waals surface area contributed by atoms with Crippen molar-refractivity contribution in [2.75, 3.05) is 13.7 Å². The van der Waals surface area contributed by atoms with Crippen LogP contribution >= 0.6 is 0 Å². The van der Waals surface area contributed by atoms with Crippen LogP contribution in [0.25, 0.3) is 0 Å². The second kappa shape index (κ2) is 5.49. The molecule has 23 heavy (non-hydrogen) atoms. The largest absolute Gasteiger partial charge is 0.508 e. The van der Waals surface area contributed by atoms with Gasteiger partial charge in [-0.05, 0) is 84.5 Å². The van der Waals surface area contributed by atoms with Gasteiger partial charge in [-0.3, -0.25) is 0 Å². The van der Waals surface area contributed by atoms with Gasteiger partial charge in [0, 0.05) is 13.7 Å². The number of benzene rings is 1. The monoisotopic (exact) mass is 316 g/mol. The van der Waals surface area contributed by atoms with Gasteiger partial charge in [0.1, 0.15) is 5.75 Å². The van der Waals surface area contributed by atoms with Crippen LogP contribution in [0.2, 0.25) is 0 Å². The summed E-state index contributed by atoms with van der Waals surface area (Å²) in [5, 5.41) is 20.4. The summed E-state index contributed by atoms with van der Waals surface area (Å²) in [4.78, 5) is 0. The molecule has 0 aliphatic heterocycles. The molecule has 1 aromatic carbocycles. The molecule has 2 fully saturated rings. The molecule has 0 saturated heterocycles. The Bertz CT molecular complexity index is 599. The number of rotatable bonds is 2. The van der Waals surface area contributed by atoms with Crippen LogP contribution in [0.15, 0.2) is 18.2 Å². The molecule has 0 amide bonds. The molecule has 3 aliphatic rings. The summed E-state index contributed by atoms with van der Waals surface area (Å²) >= 11 is 0. The van der Waals surface area contributed by atoms with E-state index in [0.717, 1.165) is 32.3 Å². The van der Waals surface area contributed by atoms with Gasteiger partial charge in [0.15, 0.2) is 0 Å². The SMILES string of the molecule is COC[C@H]1CC2(C)C(O)CCC2C2CCc3cc(O)ccc3C21. The Kier molecular flexibility index (Phi) is 3.69. The van der Waals surface area contributed by atoms with E-state index in [-0.39, 0.29) is 11.5 Å². The topological polar surface area (TPSA) is 49.7 Å². The first kappa shape index (κ1) is 15.5. The Balaban J connectivity index is 1.77. The summed E-state index contributed by atoms with van der Waals surface area (Å²) in [5.74, 6) is 2.62. The van der Waals surface area contributed by atoms with Crippen LogP contribution in [0.1, 0.15) is 49.7 Å². The van der Waals surface area contributed by atoms with E-state index in [4.69, 9.17) is 4.74 Å². The molecule has 0 heterocycles. The summed E-state index contributed by atoms with van der Waals surface area (Å²) in [7, 11) is 1.79. The van der Waals surface area contributed by atoms with Gasteiger partial charge >= 0.3 is 0 Å². The zero-order valence-corrected chi connectivity index (χ0v) is 14.2. The molecule has 5 unspecified atom stereocenters. The van der Waals surface area contributed by atoms with Crippen molar-refractivity contribution in [3.8, 4) is 5.75 Å². The Hall–Kier alpha value is -1.06. The van der Waals surface area contributed by atoms with E-state index < -0.39 is 0 Å². The number of ether oxygens (including phenoxy) is 1. The minimum Gasteiger partial charge on any atom is -0.508 e. The van der Waals surface area contributed by atoms with Crippen LogP contribution in [0.3, 0.4) is 0 Å². The summed E-state index contributed by atoms with van der Waals surface area (Å²) in [6.07, 6.45) is 5.22. The predicted octanol–water partition coefficient (Wildman–Crippen LogP) is 3.48. The molecule has 6 atom stereocenters. The van der Waals surface area contributed by atoms with Crippen molar-refractivity contribution in [2.45, 2.75) is 51.0 Å². The van der Waals surface area contributed by atoms with Gasteiger partial charge in [-0.15, -0.1) is 0 Å². The van der Waals surface area contributed by atoms with E-state index in [2.05, 4.69) is 13.0 Å². The molecule has 3 heteroatoms. The number of hydrogen-bond donors (Lipinski definition) is 2. The van der Waals surface area contributed by atoms with E-state index >= 15 is 0 Å². The number of aromatic hydroxyl groups is 1. The van der Waals surface area contributed by atoms with E-state index in [1.54, 1.807) is 7.11 Å². The zero-order chi connectivity index (χ0) is 16.2. The lowest BCUT2D eigenvalue weighted by Gasteiger charge is -2.53. The van der Waals surface area contributed by atoms with Crippen molar-refractivity contribution in [1.82, 2.24) is 0 Å². The number of hydrogen-bond acceptors (Lipinski definition) is 3. The highest BCUT2D eigenvalue weighted by Gasteiger charge is 2.57. The Morgan fingerprint density at radius 3 is 2.87 bits per heavy atom. The smallest absolute Gasteiger partial charge is 0.115 e. The van der Waals surface area contributed by atoms with Gasteiger partial charge in [0.2, 0.25) is 0 Å². The first-order chi connectivity index (χ1) is 11.0. The number of fused-ring (bicyclic) bond motifs is 5. The number of aryl methyl sites for hydroxylation is 1. The second-order valence-corrected chi connectivity index (χ2v) is 8.24. The molecular weight excluding hydrogens is 288 g/mol. The van der Waals surface area contributed by atoms with Crippen LogP contribution < -0.4 is 0 Å². The third-order valence-electron chi connectivity index (χ3n) is 7.16. The molecular formula is C20H28O3. The van der Waals surface area contributed by atoms with Gasteiger partial charge in [0.25, 0.3) is 0 Å². The molecule has 3 nitrogen and oxygen atoms in total. The van der Waals surface area contributed by atoms with E-state index in [1.165, 1.54) is 17.5 Å².